The third kappa shape index (κ3) is 2.87. The second kappa shape index (κ2) is 6.05. The number of hydrogen-bond acceptors (Lipinski definition) is 2. The lowest BCUT2D eigenvalue weighted by molar-refractivity contribution is -0.147. The molecule has 2 fully saturated rings. The Labute approximate surface area is 111 Å². The van der Waals surface area contributed by atoms with Crippen LogP contribution < -0.4 is 0 Å². The minimum Gasteiger partial charge on any atom is -0.396 e. The highest BCUT2D eigenvalue weighted by Crippen LogP contribution is 2.39. The summed E-state index contributed by atoms with van der Waals surface area (Å²) in [5.74, 6) is 0.361. The van der Waals surface area contributed by atoms with Gasteiger partial charge in [-0.1, -0.05) is 26.2 Å². The fourth-order valence-corrected chi connectivity index (χ4v) is 3.61. The van der Waals surface area contributed by atoms with Gasteiger partial charge >= 0.3 is 0 Å². The average Bonchev–Trinajstić information content (AvgIpc) is 2.40. The highest BCUT2D eigenvalue weighted by molar-refractivity contribution is 5.82. The van der Waals surface area contributed by atoms with Crippen LogP contribution in [0.3, 0.4) is 0 Å². The summed E-state index contributed by atoms with van der Waals surface area (Å²) >= 11 is 0. The Balaban J connectivity index is 2.05. The molecule has 1 amide bonds. The number of nitrogens with zero attached hydrogens (tertiary/aromatic N) is 1. The summed E-state index contributed by atoms with van der Waals surface area (Å²) in [6, 6.07) is 0.287. The second-order valence-corrected chi connectivity index (χ2v) is 6.28. The first-order chi connectivity index (χ1) is 8.67. The monoisotopic (exact) mass is 253 g/mol. The molecule has 0 aromatic heterocycles. The number of aliphatic hydroxyl groups excluding tert-OH is 1. The van der Waals surface area contributed by atoms with Crippen LogP contribution in [-0.2, 0) is 4.79 Å². The van der Waals surface area contributed by atoms with Crippen LogP contribution in [-0.4, -0.2) is 35.1 Å². The van der Waals surface area contributed by atoms with Crippen molar-refractivity contribution in [2.24, 2.45) is 5.41 Å². The third-order valence-electron chi connectivity index (χ3n) is 4.82. The Morgan fingerprint density at radius 2 is 1.94 bits per heavy atom. The van der Waals surface area contributed by atoms with E-state index in [-0.39, 0.29) is 18.1 Å². The van der Waals surface area contributed by atoms with Gasteiger partial charge in [0.1, 0.15) is 0 Å². The van der Waals surface area contributed by atoms with Crippen molar-refractivity contribution in [2.75, 3.05) is 13.2 Å². The number of carbonyl (C=O) groups is 1. The summed E-state index contributed by atoms with van der Waals surface area (Å²) in [5.41, 5.74) is -0.122. The summed E-state index contributed by atoms with van der Waals surface area (Å²) in [7, 11) is 0. The number of hydrogen-bond donors (Lipinski definition) is 1. The third-order valence-corrected chi connectivity index (χ3v) is 4.82. The lowest BCUT2D eigenvalue weighted by atomic mass is 9.74. The van der Waals surface area contributed by atoms with Gasteiger partial charge in [0.05, 0.1) is 0 Å². The Morgan fingerprint density at radius 1 is 1.22 bits per heavy atom. The molecule has 104 valence electrons. The molecule has 3 heteroatoms. The fraction of sp³-hybridized carbons (Fsp3) is 0.933. The maximum absolute atomic E-state index is 12.8. The van der Waals surface area contributed by atoms with Gasteiger partial charge in [-0.05, 0) is 38.5 Å². The topological polar surface area (TPSA) is 40.5 Å². The zero-order valence-electron chi connectivity index (χ0n) is 11.7. The van der Waals surface area contributed by atoms with E-state index < -0.39 is 0 Å². The van der Waals surface area contributed by atoms with Gasteiger partial charge in [-0.3, -0.25) is 4.79 Å². The van der Waals surface area contributed by atoms with Gasteiger partial charge in [-0.25, -0.2) is 0 Å². The van der Waals surface area contributed by atoms with Crippen LogP contribution in [0.15, 0.2) is 0 Å². The Kier molecular flexibility index (Phi) is 4.66. The number of piperidine rings is 1. The predicted molar refractivity (Wildman–Crippen MR) is 72.2 cm³/mol. The van der Waals surface area contributed by atoms with Gasteiger partial charge < -0.3 is 10.0 Å². The normalized spacial score (nSPS) is 28.1. The van der Waals surface area contributed by atoms with Gasteiger partial charge in [0.25, 0.3) is 0 Å². The van der Waals surface area contributed by atoms with E-state index in [0.717, 1.165) is 38.6 Å². The van der Waals surface area contributed by atoms with E-state index >= 15 is 0 Å². The molecule has 0 radical (unpaired) electrons. The molecule has 18 heavy (non-hydrogen) atoms. The summed E-state index contributed by atoms with van der Waals surface area (Å²) in [5, 5.41) is 9.15. The molecule has 0 aromatic carbocycles. The zero-order valence-corrected chi connectivity index (χ0v) is 11.7. The van der Waals surface area contributed by atoms with Crippen molar-refractivity contribution in [2.45, 2.75) is 70.8 Å². The van der Waals surface area contributed by atoms with Gasteiger partial charge in [0.2, 0.25) is 5.91 Å². The fourth-order valence-electron chi connectivity index (χ4n) is 3.61. The average molecular weight is 253 g/mol. The molecule has 1 atom stereocenters. The molecular weight excluding hydrogens is 226 g/mol. The molecule has 0 aromatic rings. The quantitative estimate of drug-likeness (QED) is 0.840. The minimum absolute atomic E-state index is 0.122. The number of carbonyl (C=O) groups excluding carboxylic acids is 1. The molecule has 1 unspecified atom stereocenters. The zero-order chi connectivity index (χ0) is 13.0. The molecule has 0 spiro atoms. The first-order valence-electron chi connectivity index (χ1n) is 7.59. The molecule has 1 aliphatic carbocycles. The summed E-state index contributed by atoms with van der Waals surface area (Å²) in [4.78, 5) is 14.9. The molecule has 1 aliphatic heterocycles. The number of aliphatic hydroxyl groups is 1. The SMILES string of the molecule is CC1(C(=O)N2CCCCC2CCO)CCCCC1. The first kappa shape index (κ1) is 13.9. The van der Waals surface area contributed by atoms with Crippen molar-refractivity contribution in [3.8, 4) is 0 Å². The standard InChI is InChI=1S/C15H27NO2/c1-15(9-4-2-5-10-15)14(18)16-11-6-3-7-13(16)8-12-17/h13,17H,2-12H2,1H3. The number of amides is 1. The summed E-state index contributed by atoms with van der Waals surface area (Å²) in [6.45, 7) is 3.25. The van der Waals surface area contributed by atoms with E-state index in [4.69, 9.17) is 5.11 Å². The van der Waals surface area contributed by atoms with E-state index in [2.05, 4.69) is 11.8 Å². The first-order valence-corrected chi connectivity index (χ1v) is 7.59. The summed E-state index contributed by atoms with van der Waals surface area (Å²) in [6.07, 6.45) is 9.92. The highest BCUT2D eigenvalue weighted by Gasteiger charge is 2.40. The van der Waals surface area contributed by atoms with Gasteiger partial charge in [0, 0.05) is 24.6 Å². The van der Waals surface area contributed by atoms with Crippen LogP contribution in [0.4, 0.5) is 0 Å². The van der Waals surface area contributed by atoms with Crippen molar-refractivity contribution in [3.05, 3.63) is 0 Å². The molecule has 2 rings (SSSR count). The van der Waals surface area contributed by atoms with Crippen LogP contribution in [0.1, 0.15) is 64.7 Å². The Morgan fingerprint density at radius 3 is 2.61 bits per heavy atom. The van der Waals surface area contributed by atoms with Gasteiger partial charge in [0.15, 0.2) is 0 Å². The Bertz CT molecular complexity index is 282. The van der Waals surface area contributed by atoms with E-state index in [0.29, 0.717) is 5.91 Å². The predicted octanol–water partition coefficient (Wildman–Crippen LogP) is 2.72. The van der Waals surface area contributed by atoms with Crippen LogP contribution in [0, 0.1) is 5.41 Å². The maximum Gasteiger partial charge on any atom is 0.228 e. The molecule has 2 aliphatic rings. The van der Waals surface area contributed by atoms with E-state index in [1.165, 1.54) is 25.7 Å². The Hall–Kier alpha value is -0.570. The largest absolute Gasteiger partial charge is 0.396 e. The lowest BCUT2D eigenvalue weighted by Gasteiger charge is -2.42. The van der Waals surface area contributed by atoms with Crippen molar-refractivity contribution < 1.29 is 9.90 Å². The van der Waals surface area contributed by atoms with Gasteiger partial charge in [-0.15, -0.1) is 0 Å². The molecular formula is C15H27NO2. The van der Waals surface area contributed by atoms with E-state index in [1.807, 2.05) is 0 Å². The lowest BCUT2D eigenvalue weighted by Crippen LogP contribution is -2.50. The second-order valence-electron chi connectivity index (χ2n) is 6.28. The number of rotatable bonds is 3. The molecule has 3 nitrogen and oxygen atoms in total. The van der Waals surface area contributed by atoms with Crippen LogP contribution in [0.5, 0.6) is 0 Å². The van der Waals surface area contributed by atoms with E-state index in [1.54, 1.807) is 0 Å². The van der Waals surface area contributed by atoms with Crippen molar-refractivity contribution in [1.29, 1.82) is 0 Å². The number of likely N-dealkylation sites (tertiary alicyclic amines) is 1. The van der Waals surface area contributed by atoms with Crippen LogP contribution in [0.2, 0.25) is 0 Å². The maximum atomic E-state index is 12.8. The van der Waals surface area contributed by atoms with Crippen molar-refractivity contribution in [1.82, 2.24) is 4.90 Å². The van der Waals surface area contributed by atoms with Crippen molar-refractivity contribution >= 4 is 5.91 Å². The molecule has 1 heterocycles. The molecule has 0 bridgehead atoms. The van der Waals surface area contributed by atoms with Gasteiger partial charge in [-0.2, -0.15) is 0 Å². The minimum atomic E-state index is -0.122. The van der Waals surface area contributed by atoms with Crippen LogP contribution in [0.25, 0.3) is 0 Å². The van der Waals surface area contributed by atoms with Crippen molar-refractivity contribution in [3.63, 3.8) is 0 Å². The van der Waals surface area contributed by atoms with Crippen LogP contribution >= 0.6 is 0 Å². The molecule has 1 saturated heterocycles. The highest BCUT2D eigenvalue weighted by atomic mass is 16.3. The molecule has 1 N–H and O–H groups in total. The summed E-state index contributed by atoms with van der Waals surface area (Å²) < 4.78 is 0. The smallest absolute Gasteiger partial charge is 0.228 e. The molecule has 1 saturated carbocycles. The van der Waals surface area contributed by atoms with E-state index in [9.17, 15) is 4.79 Å².